The van der Waals surface area contributed by atoms with Crippen LogP contribution in [0.5, 0.6) is 0 Å². The van der Waals surface area contributed by atoms with Gasteiger partial charge in [-0.05, 0) is 18.3 Å². The average Bonchev–Trinajstić information content (AvgIpc) is 2.54. The maximum absolute atomic E-state index is 12.2. The highest BCUT2D eigenvalue weighted by molar-refractivity contribution is 5.79. The molecule has 0 spiro atoms. The zero-order valence-corrected chi connectivity index (χ0v) is 10.2. The van der Waals surface area contributed by atoms with E-state index in [1.165, 1.54) is 0 Å². The first-order valence-corrected chi connectivity index (χ1v) is 6.13. The molecule has 2 N–H and O–H groups in total. The molecule has 0 saturated carbocycles. The van der Waals surface area contributed by atoms with Gasteiger partial charge in [-0.2, -0.15) is 0 Å². The largest absolute Gasteiger partial charge is 0.381 e. The normalized spacial score (nSPS) is 30.7. The smallest absolute Gasteiger partial charge is 0.225 e. The Morgan fingerprint density at radius 1 is 1.38 bits per heavy atom. The van der Waals surface area contributed by atoms with E-state index in [2.05, 4.69) is 13.8 Å². The van der Waals surface area contributed by atoms with Crippen LogP contribution in [0, 0.1) is 11.3 Å². The number of carbonyl (C=O) groups excluding carboxylic acids is 1. The van der Waals surface area contributed by atoms with Crippen molar-refractivity contribution in [2.24, 2.45) is 17.1 Å². The zero-order chi connectivity index (χ0) is 11.8. The molecule has 4 heteroatoms. The maximum Gasteiger partial charge on any atom is 0.225 e. The third-order valence-electron chi connectivity index (χ3n) is 3.90. The molecular formula is C12H22N2O2. The van der Waals surface area contributed by atoms with E-state index in [0.29, 0.717) is 6.54 Å². The number of likely N-dealkylation sites (tertiary alicyclic amines) is 1. The lowest BCUT2D eigenvalue weighted by Gasteiger charge is -2.27. The lowest BCUT2D eigenvalue weighted by atomic mass is 9.89. The van der Waals surface area contributed by atoms with E-state index >= 15 is 0 Å². The van der Waals surface area contributed by atoms with Crippen molar-refractivity contribution in [1.82, 2.24) is 4.90 Å². The van der Waals surface area contributed by atoms with Crippen molar-refractivity contribution in [3.05, 3.63) is 0 Å². The number of rotatable bonds is 1. The number of hydrogen-bond donors (Lipinski definition) is 1. The molecule has 16 heavy (non-hydrogen) atoms. The fourth-order valence-electron chi connectivity index (χ4n) is 2.53. The van der Waals surface area contributed by atoms with Gasteiger partial charge in [-0.25, -0.2) is 0 Å². The Bertz CT molecular complexity index is 272. The van der Waals surface area contributed by atoms with Crippen molar-refractivity contribution in [3.63, 3.8) is 0 Å². The number of hydrogen-bond acceptors (Lipinski definition) is 3. The van der Waals surface area contributed by atoms with Crippen molar-refractivity contribution in [2.75, 3.05) is 26.3 Å². The van der Waals surface area contributed by atoms with Gasteiger partial charge in [-0.3, -0.25) is 4.79 Å². The molecule has 1 unspecified atom stereocenters. The first kappa shape index (κ1) is 11.9. The van der Waals surface area contributed by atoms with Crippen LogP contribution in [0.4, 0.5) is 0 Å². The van der Waals surface area contributed by atoms with Gasteiger partial charge >= 0.3 is 0 Å². The van der Waals surface area contributed by atoms with Crippen LogP contribution in [0.1, 0.15) is 26.7 Å². The van der Waals surface area contributed by atoms with Gasteiger partial charge in [0.1, 0.15) is 0 Å². The third kappa shape index (κ3) is 2.23. The van der Waals surface area contributed by atoms with Gasteiger partial charge in [0.05, 0.1) is 0 Å². The van der Waals surface area contributed by atoms with E-state index in [1.807, 2.05) is 4.90 Å². The van der Waals surface area contributed by atoms with Crippen LogP contribution in [0.2, 0.25) is 0 Å². The number of nitrogens with two attached hydrogens (primary N) is 1. The zero-order valence-electron chi connectivity index (χ0n) is 10.2. The molecule has 0 aromatic carbocycles. The second-order valence-electron chi connectivity index (χ2n) is 5.70. The molecule has 2 heterocycles. The van der Waals surface area contributed by atoms with E-state index in [1.54, 1.807) is 0 Å². The quantitative estimate of drug-likeness (QED) is 0.712. The first-order chi connectivity index (χ1) is 7.50. The van der Waals surface area contributed by atoms with Crippen LogP contribution >= 0.6 is 0 Å². The molecule has 92 valence electrons. The lowest BCUT2D eigenvalue weighted by molar-refractivity contribution is -0.137. The molecule has 0 aromatic rings. The van der Waals surface area contributed by atoms with Crippen LogP contribution in [0.3, 0.4) is 0 Å². The summed E-state index contributed by atoms with van der Waals surface area (Å²) in [5.74, 6) is 0.444. The van der Waals surface area contributed by atoms with Gasteiger partial charge in [0, 0.05) is 38.3 Å². The number of nitrogens with zero attached hydrogens (tertiary/aromatic N) is 1. The molecule has 2 fully saturated rings. The molecule has 1 atom stereocenters. The molecule has 4 nitrogen and oxygen atoms in total. The molecule has 0 bridgehead atoms. The van der Waals surface area contributed by atoms with Gasteiger partial charge in [0.15, 0.2) is 0 Å². The van der Waals surface area contributed by atoms with Gasteiger partial charge in [-0.15, -0.1) is 0 Å². The molecule has 2 saturated heterocycles. The summed E-state index contributed by atoms with van der Waals surface area (Å²) in [6.07, 6.45) is 1.73. The Labute approximate surface area is 97.1 Å². The summed E-state index contributed by atoms with van der Waals surface area (Å²) in [5, 5.41) is 0. The average molecular weight is 226 g/mol. The summed E-state index contributed by atoms with van der Waals surface area (Å²) >= 11 is 0. The van der Waals surface area contributed by atoms with Gasteiger partial charge in [-0.1, -0.05) is 13.8 Å². The fourth-order valence-corrected chi connectivity index (χ4v) is 2.53. The summed E-state index contributed by atoms with van der Waals surface area (Å²) < 4.78 is 5.28. The third-order valence-corrected chi connectivity index (χ3v) is 3.90. The topological polar surface area (TPSA) is 55.6 Å². The van der Waals surface area contributed by atoms with E-state index in [0.717, 1.165) is 32.6 Å². The summed E-state index contributed by atoms with van der Waals surface area (Å²) in [6.45, 7) is 7.22. The summed E-state index contributed by atoms with van der Waals surface area (Å²) in [4.78, 5) is 14.2. The highest BCUT2D eigenvalue weighted by atomic mass is 16.5. The molecule has 0 aliphatic carbocycles. The minimum absolute atomic E-state index is 0.0564. The van der Waals surface area contributed by atoms with Crippen molar-refractivity contribution < 1.29 is 9.53 Å². The molecular weight excluding hydrogens is 204 g/mol. The number of amides is 1. The summed E-state index contributed by atoms with van der Waals surface area (Å²) in [7, 11) is 0. The number of carbonyl (C=O) groups is 1. The van der Waals surface area contributed by atoms with Crippen LogP contribution in [0.15, 0.2) is 0 Å². The van der Waals surface area contributed by atoms with E-state index < -0.39 is 0 Å². The van der Waals surface area contributed by atoms with Crippen LogP contribution in [-0.4, -0.2) is 43.2 Å². The van der Waals surface area contributed by atoms with Crippen molar-refractivity contribution >= 4 is 5.91 Å². The molecule has 1 amide bonds. The second-order valence-corrected chi connectivity index (χ2v) is 5.70. The van der Waals surface area contributed by atoms with Gasteiger partial charge < -0.3 is 15.4 Å². The fraction of sp³-hybridized carbons (Fsp3) is 0.917. The van der Waals surface area contributed by atoms with Gasteiger partial charge in [0.2, 0.25) is 5.91 Å². The minimum atomic E-state index is 0.0564. The van der Waals surface area contributed by atoms with E-state index in [9.17, 15) is 4.79 Å². The Morgan fingerprint density at radius 3 is 2.50 bits per heavy atom. The number of ether oxygens (including phenoxy) is 1. The predicted octanol–water partition coefficient (Wildman–Crippen LogP) is 0.609. The Kier molecular flexibility index (Phi) is 3.22. The van der Waals surface area contributed by atoms with Gasteiger partial charge in [0.25, 0.3) is 0 Å². The highest BCUT2D eigenvalue weighted by Crippen LogP contribution is 2.30. The van der Waals surface area contributed by atoms with Crippen molar-refractivity contribution in [2.45, 2.75) is 32.7 Å². The molecule has 2 aliphatic heterocycles. The Hall–Kier alpha value is -0.610. The van der Waals surface area contributed by atoms with Crippen LogP contribution in [-0.2, 0) is 9.53 Å². The molecule has 2 rings (SSSR count). The second kappa shape index (κ2) is 4.34. The van der Waals surface area contributed by atoms with Crippen molar-refractivity contribution in [3.8, 4) is 0 Å². The molecule has 0 radical (unpaired) electrons. The van der Waals surface area contributed by atoms with E-state index in [4.69, 9.17) is 10.5 Å². The maximum atomic E-state index is 12.2. The predicted molar refractivity (Wildman–Crippen MR) is 61.9 cm³/mol. The highest BCUT2D eigenvalue weighted by Gasteiger charge is 2.40. The van der Waals surface area contributed by atoms with Crippen LogP contribution < -0.4 is 5.73 Å². The molecule has 0 aromatic heterocycles. The Balaban J connectivity index is 1.95. The SMILES string of the molecule is CC1(C)CN(C(=O)C2CCOCC2)CC1N. The Morgan fingerprint density at radius 2 is 2.00 bits per heavy atom. The first-order valence-electron chi connectivity index (χ1n) is 6.13. The monoisotopic (exact) mass is 226 g/mol. The molecule has 2 aliphatic rings. The minimum Gasteiger partial charge on any atom is -0.381 e. The summed E-state index contributed by atoms with van der Waals surface area (Å²) in [6, 6.07) is 0.108. The van der Waals surface area contributed by atoms with Crippen LogP contribution in [0.25, 0.3) is 0 Å². The lowest BCUT2D eigenvalue weighted by Crippen LogP contribution is -2.38. The standard InChI is InChI=1S/C12H22N2O2/c1-12(2)8-14(7-10(12)13)11(15)9-3-5-16-6-4-9/h9-10H,3-8,13H2,1-2H3. The van der Waals surface area contributed by atoms with Crippen molar-refractivity contribution in [1.29, 1.82) is 0 Å². The van der Waals surface area contributed by atoms with E-state index in [-0.39, 0.29) is 23.3 Å². The summed E-state index contributed by atoms with van der Waals surface area (Å²) in [5.41, 5.74) is 6.11.